The van der Waals surface area contributed by atoms with Gasteiger partial charge in [0, 0.05) is 11.3 Å². The first-order valence-electron chi connectivity index (χ1n) is 14.9. The molecule has 1 heterocycles. The summed E-state index contributed by atoms with van der Waals surface area (Å²) in [6.07, 6.45) is 1.49. The highest BCUT2D eigenvalue weighted by Crippen LogP contribution is 2.35. The van der Waals surface area contributed by atoms with Gasteiger partial charge in [0.25, 0.3) is 11.5 Å². The van der Waals surface area contributed by atoms with Gasteiger partial charge >= 0.3 is 0 Å². The summed E-state index contributed by atoms with van der Waals surface area (Å²) >= 11 is 13.1. The molecule has 0 atom stereocenters. The molecule has 0 bridgehead atoms. The van der Waals surface area contributed by atoms with Gasteiger partial charge in [-0.3, -0.25) is 9.59 Å². The Morgan fingerprint density at radius 3 is 2.37 bits per heavy atom. The number of halogens is 2. The number of carbonyl (C=O) groups excluding carboxylic acids is 1. The monoisotopic (exact) mass is 656 g/mol. The van der Waals surface area contributed by atoms with Gasteiger partial charge in [0.2, 0.25) is 0 Å². The molecule has 0 saturated heterocycles. The van der Waals surface area contributed by atoms with Gasteiger partial charge in [-0.2, -0.15) is 9.78 Å². The summed E-state index contributed by atoms with van der Waals surface area (Å²) in [5.41, 5.74) is 5.14. The molecule has 1 amide bonds. The van der Waals surface area contributed by atoms with E-state index in [1.165, 1.54) is 10.9 Å². The van der Waals surface area contributed by atoms with E-state index in [2.05, 4.69) is 24.3 Å². The Bertz CT molecular complexity index is 1980. The zero-order chi connectivity index (χ0) is 33.0. The predicted molar refractivity (Wildman–Crippen MR) is 186 cm³/mol. The van der Waals surface area contributed by atoms with Crippen LogP contribution in [0.4, 0.5) is 5.69 Å². The SMILES string of the molecule is CCOc1cc(C)c(-c2nc3ccccc3c(=O)n2N=Cc2cc(Cl)c(OCC(=O)Nc3ccc(C)cc3)c(Cl)c2)cc1C(C)C. The maximum atomic E-state index is 13.8. The number of carbonyl (C=O) groups is 1. The average Bonchev–Trinajstić information content (AvgIpc) is 3.01. The van der Waals surface area contributed by atoms with Gasteiger partial charge in [0.1, 0.15) is 5.75 Å². The van der Waals surface area contributed by atoms with Crippen LogP contribution in [-0.2, 0) is 4.79 Å². The van der Waals surface area contributed by atoms with Crippen LogP contribution in [0.5, 0.6) is 11.5 Å². The van der Waals surface area contributed by atoms with Crippen LogP contribution in [0.25, 0.3) is 22.3 Å². The number of rotatable bonds is 10. The zero-order valence-corrected chi connectivity index (χ0v) is 27.7. The van der Waals surface area contributed by atoms with E-state index in [4.69, 9.17) is 37.7 Å². The number of aromatic nitrogens is 2. The summed E-state index contributed by atoms with van der Waals surface area (Å²) in [6, 6.07) is 21.8. The molecule has 0 aliphatic rings. The number of anilines is 1. The lowest BCUT2D eigenvalue weighted by Gasteiger charge is -2.18. The number of para-hydroxylation sites is 1. The molecule has 0 saturated carbocycles. The van der Waals surface area contributed by atoms with Crippen molar-refractivity contribution in [3.05, 3.63) is 115 Å². The summed E-state index contributed by atoms with van der Waals surface area (Å²) < 4.78 is 12.9. The topological polar surface area (TPSA) is 94.8 Å². The summed E-state index contributed by atoms with van der Waals surface area (Å²) in [5.74, 6) is 1.16. The van der Waals surface area contributed by atoms with E-state index < -0.39 is 0 Å². The summed E-state index contributed by atoms with van der Waals surface area (Å²) in [4.78, 5) is 31.1. The molecule has 236 valence electrons. The highest BCUT2D eigenvalue weighted by atomic mass is 35.5. The first-order valence-corrected chi connectivity index (χ1v) is 15.6. The van der Waals surface area contributed by atoms with Crippen molar-refractivity contribution in [1.82, 2.24) is 9.66 Å². The molecule has 5 rings (SSSR count). The molecular weight excluding hydrogens is 623 g/mol. The van der Waals surface area contributed by atoms with Gasteiger partial charge in [-0.1, -0.05) is 66.9 Å². The highest BCUT2D eigenvalue weighted by Gasteiger charge is 2.19. The Labute approximate surface area is 277 Å². The van der Waals surface area contributed by atoms with E-state index in [0.29, 0.717) is 34.6 Å². The van der Waals surface area contributed by atoms with E-state index in [-0.39, 0.29) is 39.8 Å². The molecule has 0 aliphatic heterocycles. The number of aryl methyl sites for hydroxylation is 2. The van der Waals surface area contributed by atoms with Crippen molar-refractivity contribution >= 4 is 51.9 Å². The van der Waals surface area contributed by atoms with Crippen LogP contribution in [0.15, 0.2) is 82.7 Å². The van der Waals surface area contributed by atoms with Crippen molar-refractivity contribution in [2.75, 3.05) is 18.5 Å². The number of benzene rings is 4. The van der Waals surface area contributed by atoms with Crippen LogP contribution >= 0.6 is 23.2 Å². The zero-order valence-electron chi connectivity index (χ0n) is 26.2. The number of hydrogen-bond donors (Lipinski definition) is 1. The fourth-order valence-corrected chi connectivity index (χ4v) is 5.58. The fraction of sp³-hybridized carbons (Fsp3) is 0.222. The maximum absolute atomic E-state index is 13.8. The van der Waals surface area contributed by atoms with Crippen LogP contribution < -0.4 is 20.3 Å². The van der Waals surface area contributed by atoms with E-state index >= 15 is 0 Å². The van der Waals surface area contributed by atoms with Gasteiger partial charge in [0.15, 0.2) is 18.2 Å². The standard InChI is InChI=1S/C36H34Cl2N4O4/c1-6-45-32-15-23(5)28(18-27(32)21(2)3)35-41-31-10-8-7-9-26(31)36(44)42(35)39-19-24-16-29(37)34(30(38)17-24)46-20-33(43)40-25-13-11-22(4)12-14-25/h7-19,21H,6,20H2,1-5H3,(H,40,43). The smallest absolute Gasteiger partial charge is 0.282 e. The Kier molecular flexibility index (Phi) is 10.1. The fourth-order valence-electron chi connectivity index (χ4n) is 4.96. The van der Waals surface area contributed by atoms with Crippen molar-refractivity contribution in [1.29, 1.82) is 0 Å². The van der Waals surface area contributed by atoms with Gasteiger partial charge in [-0.15, -0.1) is 0 Å². The number of fused-ring (bicyclic) bond motifs is 1. The quantitative estimate of drug-likeness (QED) is 0.152. The van der Waals surface area contributed by atoms with E-state index in [1.54, 1.807) is 30.3 Å². The lowest BCUT2D eigenvalue weighted by Crippen LogP contribution is -2.21. The molecule has 4 aromatic carbocycles. The summed E-state index contributed by atoms with van der Waals surface area (Å²) in [5, 5.41) is 8.15. The van der Waals surface area contributed by atoms with E-state index in [1.807, 2.05) is 63.2 Å². The predicted octanol–water partition coefficient (Wildman–Crippen LogP) is 8.41. The van der Waals surface area contributed by atoms with E-state index in [0.717, 1.165) is 28.0 Å². The third-order valence-electron chi connectivity index (χ3n) is 7.30. The van der Waals surface area contributed by atoms with Crippen LogP contribution in [0.1, 0.15) is 48.9 Å². The Morgan fingerprint density at radius 1 is 1.00 bits per heavy atom. The third-order valence-corrected chi connectivity index (χ3v) is 7.86. The average molecular weight is 658 g/mol. The summed E-state index contributed by atoms with van der Waals surface area (Å²) in [7, 11) is 0. The van der Waals surface area contributed by atoms with Crippen LogP contribution in [0.3, 0.4) is 0 Å². The minimum atomic E-state index is -0.359. The van der Waals surface area contributed by atoms with Crippen molar-refractivity contribution in [2.45, 2.75) is 40.5 Å². The van der Waals surface area contributed by atoms with Gasteiger partial charge < -0.3 is 14.8 Å². The Hall–Kier alpha value is -4.66. The van der Waals surface area contributed by atoms with Gasteiger partial charge in [-0.25, -0.2) is 4.98 Å². The lowest BCUT2D eigenvalue weighted by atomic mass is 9.96. The minimum Gasteiger partial charge on any atom is -0.494 e. The number of hydrogen-bond acceptors (Lipinski definition) is 6. The Morgan fingerprint density at radius 2 is 1.70 bits per heavy atom. The first kappa shape index (κ1) is 32.7. The minimum absolute atomic E-state index is 0.163. The second-order valence-electron chi connectivity index (χ2n) is 11.1. The van der Waals surface area contributed by atoms with Crippen molar-refractivity contribution in [3.63, 3.8) is 0 Å². The molecule has 10 heteroatoms. The normalized spacial score (nSPS) is 11.4. The van der Waals surface area contributed by atoms with E-state index in [9.17, 15) is 9.59 Å². The molecule has 5 aromatic rings. The number of amides is 1. The molecule has 0 spiro atoms. The third kappa shape index (κ3) is 7.25. The molecule has 1 N–H and O–H groups in total. The van der Waals surface area contributed by atoms with Gasteiger partial charge in [-0.05, 0) is 91.9 Å². The van der Waals surface area contributed by atoms with Crippen molar-refractivity contribution < 1.29 is 14.3 Å². The summed E-state index contributed by atoms with van der Waals surface area (Å²) in [6.45, 7) is 10.3. The molecule has 0 fully saturated rings. The largest absolute Gasteiger partial charge is 0.494 e. The highest BCUT2D eigenvalue weighted by molar-refractivity contribution is 6.37. The van der Waals surface area contributed by atoms with Crippen LogP contribution in [-0.4, -0.2) is 35.0 Å². The van der Waals surface area contributed by atoms with Gasteiger partial charge in [0.05, 0.1) is 33.8 Å². The molecular formula is C36H34Cl2N4O4. The number of ether oxygens (including phenoxy) is 2. The van der Waals surface area contributed by atoms with Crippen molar-refractivity contribution in [2.24, 2.45) is 5.10 Å². The second-order valence-corrected chi connectivity index (χ2v) is 11.9. The maximum Gasteiger partial charge on any atom is 0.282 e. The number of nitrogens with one attached hydrogen (secondary N) is 1. The molecule has 0 aliphatic carbocycles. The second kappa shape index (κ2) is 14.2. The molecule has 8 nitrogen and oxygen atoms in total. The molecule has 0 radical (unpaired) electrons. The van der Waals surface area contributed by atoms with Crippen LogP contribution in [0.2, 0.25) is 10.0 Å². The number of nitrogens with zero attached hydrogens (tertiary/aromatic N) is 3. The lowest BCUT2D eigenvalue weighted by molar-refractivity contribution is -0.118. The Balaban J connectivity index is 1.48. The van der Waals surface area contributed by atoms with Crippen molar-refractivity contribution in [3.8, 4) is 22.9 Å². The molecule has 46 heavy (non-hydrogen) atoms. The first-order chi connectivity index (χ1) is 22.0. The molecule has 0 unspecified atom stereocenters. The van der Waals surface area contributed by atoms with Crippen LogP contribution in [0, 0.1) is 13.8 Å². The molecule has 1 aromatic heterocycles.